The smallest absolute Gasteiger partial charge is 0.145 e. The summed E-state index contributed by atoms with van der Waals surface area (Å²) in [6.45, 7) is 16.1. The summed E-state index contributed by atoms with van der Waals surface area (Å²) in [5, 5.41) is 3.39. The Labute approximate surface area is 122 Å². The number of nitrogens with zero attached hydrogens (tertiary/aromatic N) is 2. The molecular formula is C15H29N5. The molecule has 0 saturated heterocycles. The number of hydrazine groups is 1. The summed E-state index contributed by atoms with van der Waals surface area (Å²) in [7, 11) is 0. The van der Waals surface area contributed by atoms with E-state index in [4.69, 9.17) is 5.84 Å². The van der Waals surface area contributed by atoms with Crippen LogP contribution in [0.3, 0.4) is 0 Å². The molecule has 0 aliphatic rings. The van der Waals surface area contributed by atoms with Crippen molar-refractivity contribution in [3.05, 3.63) is 11.9 Å². The Morgan fingerprint density at radius 1 is 1.10 bits per heavy atom. The summed E-state index contributed by atoms with van der Waals surface area (Å²) in [5.41, 5.74) is 2.76. The fourth-order valence-electron chi connectivity index (χ4n) is 1.51. The van der Waals surface area contributed by atoms with E-state index in [0.717, 1.165) is 18.2 Å². The maximum Gasteiger partial charge on any atom is 0.145 e. The maximum absolute atomic E-state index is 5.49. The van der Waals surface area contributed by atoms with Crippen LogP contribution in [0.25, 0.3) is 0 Å². The molecule has 1 atom stereocenters. The van der Waals surface area contributed by atoms with E-state index >= 15 is 0 Å². The second kappa shape index (κ2) is 5.95. The molecule has 0 fully saturated rings. The number of hydrogen-bond acceptors (Lipinski definition) is 5. The number of rotatable bonds is 4. The molecule has 0 saturated carbocycles. The molecule has 5 nitrogen and oxygen atoms in total. The number of nitrogens with two attached hydrogens (primary N) is 1. The van der Waals surface area contributed by atoms with E-state index in [0.29, 0.717) is 11.7 Å². The van der Waals surface area contributed by atoms with Crippen LogP contribution < -0.4 is 16.6 Å². The fourth-order valence-corrected chi connectivity index (χ4v) is 1.51. The second-order valence-corrected chi connectivity index (χ2v) is 7.50. The third kappa shape index (κ3) is 4.63. The average Bonchev–Trinajstić information content (AvgIpc) is 2.33. The van der Waals surface area contributed by atoms with Crippen molar-refractivity contribution in [2.45, 2.75) is 53.9 Å². The van der Waals surface area contributed by atoms with Gasteiger partial charge in [-0.25, -0.2) is 15.8 Å². The molecule has 1 heterocycles. The van der Waals surface area contributed by atoms with Crippen LogP contribution in [0, 0.1) is 11.3 Å². The summed E-state index contributed by atoms with van der Waals surface area (Å²) in [6.07, 6.45) is 0. The highest BCUT2D eigenvalue weighted by atomic mass is 15.3. The van der Waals surface area contributed by atoms with Gasteiger partial charge in [0.05, 0.1) is 0 Å². The van der Waals surface area contributed by atoms with E-state index in [9.17, 15) is 0 Å². The second-order valence-electron chi connectivity index (χ2n) is 7.50. The lowest BCUT2D eigenvalue weighted by molar-refractivity contribution is 0.274. The monoisotopic (exact) mass is 279 g/mol. The third-order valence-corrected chi connectivity index (χ3v) is 3.61. The molecule has 20 heavy (non-hydrogen) atoms. The van der Waals surface area contributed by atoms with Crippen LogP contribution in [0.1, 0.15) is 54.3 Å². The van der Waals surface area contributed by atoms with E-state index in [-0.39, 0.29) is 10.8 Å². The molecule has 0 aromatic carbocycles. The third-order valence-electron chi connectivity index (χ3n) is 3.61. The molecule has 0 aliphatic carbocycles. The van der Waals surface area contributed by atoms with Gasteiger partial charge in [-0.2, -0.15) is 0 Å². The zero-order chi connectivity index (χ0) is 15.6. The van der Waals surface area contributed by atoms with E-state index in [1.807, 2.05) is 6.07 Å². The van der Waals surface area contributed by atoms with Crippen molar-refractivity contribution < 1.29 is 0 Å². The zero-order valence-corrected chi connectivity index (χ0v) is 13.8. The van der Waals surface area contributed by atoms with Gasteiger partial charge < -0.3 is 10.7 Å². The van der Waals surface area contributed by atoms with Crippen molar-refractivity contribution in [3.63, 3.8) is 0 Å². The van der Waals surface area contributed by atoms with Crippen LogP contribution in [0.5, 0.6) is 0 Å². The van der Waals surface area contributed by atoms with Crippen molar-refractivity contribution >= 4 is 11.6 Å². The van der Waals surface area contributed by atoms with Crippen LogP contribution in [0.2, 0.25) is 0 Å². The van der Waals surface area contributed by atoms with Crippen molar-refractivity contribution in [2.75, 3.05) is 17.3 Å². The highest BCUT2D eigenvalue weighted by Crippen LogP contribution is 2.26. The van der Waals surface area contributed by atoms with E-state index in [1.165, 1.54) is 0 Å². The van der Waals surface area contributed by atoms with Gasteiger partial charge in [0, 0.05) is 18.0 Å². The molecule has 0 aliphatic heterocycles. The van der Waals surface area contributed by atoms with Crippen LogP contribution in [0.15, 0.2) is 6.07 Å². The van der Waals surface area contributed by atoms with Crippen LogP contribution >= 0.6 is 0 Å². The predicted molar refractivity (Wildman–Crippen MR) is 85.7 cm³/mol. The molecule has 1 rings (SSSR count). The SMILES string of the molecule is CC(CNc1cc(NN)nc(C(C)(C)C)n1)C(C)(C)C. The largest absolute Gasteiger partial charge is 0.370 e. The Morgan fingerprint density at radius 2 is 1.65 bits per heavy atom. The zero-order valence-electron chi connectivity index (χ0n) is 13.8. The number of anilines is 2. The number of hydrogen-bond donors (Lipinski definition) is 3. The van der Waals surface area contributed by atoms with E-state index in [2.05, 4.69) is 69.2 Å². The number of aromatic nitrogens is 2. The normalized spacial score (nSPS) is 14.0. The summed E-state index contributed by atoms with van der Waals surface area (Å²) in [4.78, 5) is 9.00. The first-order chi connectivity index (χ1) is 9.04. The van der Waals surface area contributed by atoms with Gasteiger partial charge in [-0.05, 0) is 11.3 Å². The summed E-state index contributed by atoms with van der Waals surface area (Å²) in [6, 6.07) is 1.84. The van der Waals surface area contributed by atoms with Gasteiger partial charge in [0.25, 0.3) is 0 Å². The van der Waals surface area contributed by atoms with E-state index < -0.39 is 0 Å². The molecule has 114 valence electrons. The molecule has 0 bridgehead atoms. The minimum Gasteiger partial charge on any atom is -0.370 e. The van der Waals surface area contributed by atoms with Crippen molar-refractivity contribution in [1.29, 1.82) is 0 Å². The Morgan fingerprint density at radius 3 is 2.10 bits per heavy atom. The highest BCUT2D eigenvalue weighted by Gasteiger charge is 2.21. The molecule has 0 spiro atoms. The molecule has 5 heteroatoms. The lowest BCUT2D eigenvalue weighted by Crippen LogP contribution is -2.26. The Hall–Kier alpha value is -1.36. The van der Waals surface area contributed by atoms with Gasteiger partial charge in [0.2, 0.25) is 0 Å². The summed E-state index contributed by atoms with van der Waals surface area (Å²) >= 11 is 0. The fraction of sp³-hybridized carbons (Fsp3) is 0.733. The summed E-state index contributed by atoms with van der Waals surface area (Å²) in [5.74, 6) is 8.25. The van der Waals surface area contributed by atoms with E-state index in [1.54, 1.807) is 0 Å². The standard InChI is InChI=1S/C15H29N5/c1-10(14(2,3)4)9-17-11-8-12(20-16)19-13(18-11)15(5,6)7/h8,10H,9,16H2,1-7H3,(H2,17,18,19,20). The van der Waals surface area contributed by atoms with Crippen molar-refractivity contribution in [2.24, 2.45) is 17.2 Å². The van der Waals surface area contributed by atoms with Crippen molar-refractivity contribution in [3.8, 4) is 0 Å². The van der Waals surface area contributed by atoms with Crippen molar-refractivity contribution in [1.82, 2.24) is 9.97 Å². The van der Waals surface area contributed by atoms with Crippen LogP contribution in [0.4, 0.5) is 11.6 Å². The highest BCUT2D eigenvalue weighted by molar-refractivity contribution is 5.47. The predicted octanol–water partition coefficient (Wildman–Crippen LogP) is 3.15. The lowest BCUT2D eigenvalue weighted by Gasteiger charge is -2.27. The van der Waals surface area contributed by atoms with Crippen LogP contribution in [-0.2, 0) is 5.41 Å². The first-order valence-corrected chi connectivity index (χ1v) is 7.14. The first kappa shape index (κ1) is 16.7. The molecule has 1 aromatic heterocycles. The minimum absolute atomic E-state index is 0.112. The Kier molecular flexibility index (Phi) is 4.97. The molecule has 1 unspecified atom stereocenters. The van der Waals surface area contributed by atoms with Gasteiger partial charge in [0.15, 0.2) is 0 Å². The molecular weight excluding hydrogens is 250 g/mol. The number of nitrogens with one attached hydrogen (secondary N) is 2. The molecule has 4 N–H and O–H groups in total. The van der Waals surface area contributed by atoms with Gasteiger partial charge in [-0.3, -0.25) is 0 Å². The first-order valence-electron chi connectivity index (χ1n) is 7.14. The van der Waals surface area contributed by atoms with Gasteiger partial charge in [-0.1, -0.05) is 48.5 Å². The van der Waals surface area contributed by atoms with Crippen LogP contribution in [-0.4, -0.2) is 16.5 Å². The lowest BCUT2D eigenvalue weighted by atomic mass is 9.82. The van der Waals surface area contributed by atoms with Gasteiger partial charge in [-0.15, -0.1) is 0 Å². The Bertz CT molecular complexity index is 443. The minimum atomic E-state index is -0.112. The topological polar surface area (TPSA) is 75.9 Å². The van der Waals surface area contributed by atoms with Gasteiger partial charge in [0.1, 0.15) is 17.5 Å². The quantitative estimate of drug-likeness (QED) is 0.583. The Balaban J connectivity index is 2.90. The maximum atomic E-state index is 5.49. The molecule has 0 amide bonds. The summed E-state index contributed by atoms with van der Waals surface area (Å²) < 4.78 is 0. The molecule has 1 aromatic rings. The number of nitrogen functional groups attached to an aromatic ring is 1. The molecule has 0 radical (unpaired) electrons. The average molecular weight is 279 g/mol. The van der Waals surface area contributed by atoms with Gasteiger partial charge >= 0.3 is 0 Å².